The fourth-order valence-corrected chi connectivity index (χ4v) is 2.40. The summed E-state index contributed by atoms with van der Waals surface area (Å²) in [5.74, 6) is -0.435. The highest BCUT2D eigenvalue weighted by molar-refractivity contribution is 9.10. The molecule has 0 radical (unpaired) electrons. The summed E-state index contributed by atoms with van der Waals surface area (Å²) in [6.45, 7) is 2.44. The minimum atomic E-state index is -0.688. The molecule has 8 nitrogen and oxygen atoms in total. The number of amides is 1. The van der Waals surface area contributed by atoms with Gasteiger partial charge < -0.3 is 15.2 Å². The third-order valence-electron chi connectivity index (χ3n) is 3.07. The SMILES string of the molecule is CCOC(=O)CCCOc1ccc(Br)cc1-c1n[nH]nc1C(N)=O. The first kappa shape index (κ1) is 17.9. The van der Waals surface area contributed by atoms with E-state index < -0.39 is 5.91 Å². The lowest BCUT2D eigenvalue weighted by Crippen LogP contribution is -2.13. The first-order valence-corrected chi connectivity index (χ1v) is 8.11. The standard InChI is InChI=1S/C15H17BrN4O4/c1-2-23-12(21)4-3-7-24-11-6-5-9(16)8-10(11)13-14(15(17)22)19-20-18-13/h5-6,8H,2-4,7H2,1H3,(H2,17,22)(H,18,19,20). The molecule has 128 valence electrons. The van der Waals surface area contributed by atoms with E-state index in [2.05, 4.69) is 31.3 Å². The minimum absolute atomic E-state index is 0.0319. The molecule has 0 aliphatic rings. The molecule has 0 atom stereocenters. The Bertz CT molecular complexity index is 732. The van der Waals surface area contributed by atoms with Gasteiger partial charge in [0.15, 0.2) is 5.69 Å². The van der Waals surface area contributed by atoms with Crippen molar-refractivity contribution in [3.05, 3.63) is 28.4 Å². The molecular formula is C15H17BrN4O4. The average molecular weight is 397 g/mol. The van der Waals surface area contributed by atoms with E-state index >= 15 is 0 Å². The summed E-state index contributed by atoms with van der Waals surface area (Å²) in [6.07, 6.45) is 0.784. The van der Waals surface area contributed by atoms with Crippen molar-refractivity contribution >= 4 is 27.8 Å². The number of primary amides is 1. The summed E-state index contributed by atoms with van der Waals surface area (Å²) in [7, 11) is 0. The molecule has 1 heterocycles. The molecule has 0 fully saturated rings. The molecule has 2 aromatic rings. The first-order chi connectivity index (χ1) is 11.5. The van der Waals surface area contributed by atoms with E-state index in [1.54, 1.807) is 25.1 Å². The van der Waals surface area contributed by atoms with Gasteiger partial charge in [-0.25, -0.2) is 0 Å². The van der Waals surface area contributed by atoms with Crippen molar-refractivity contribution in [1.82, 2.24) is 15.4 Å². The van der Waals surface area contributed by atoms with Gasteiger partial charge in [-0.1, -0.05) is 15.9 Å². The minimum Gasteiger partial charge on any atom is -0.493 e. The molecule has 24 heavy (non-hydrogen) atoms. The summed E-state index contributed by atoms with van der Waals surface area (Å²) >= 11 is 3.37. The Morgan fingerprint density at radius 3 is 2.83 bits per heavy atom. The van der Waals surface area contributed by atoms with Crippen LogP contribution in [-0.4, -0.2) is 40.5 Å². The zero-order valence-corrected chi connectivity index (χ0v) is 14.6. The van der Waals surface area contributed by atoms with Gasteiger partial charge in [0.05, 0.1) is 13.2 Å². The number of halogens is 1. The molecule has 0 saturated carbocycles. The van der Waals surface area contributed by atoms with Crippen molar-refractivity contribution in [2.75, 3.05) is 13.2 Å². The lowest BCUT2D eigenvalue weighted by atomic mass is 10.1. The fourth-order valence-electron chi connectivity index (χ4n) is 2.04. The number of rotatable bonds is 8. The summed E-state index contributed by atoms with van der Waals surface area (Å²) in [6, 6.07) is 5.29. The number of hydrogen-bond acceptors (Lipinski definition) is 6. The zero-order chi connectivity index (χ0) is 17.5. The number of ether oxygens (including phenoxy) is 2. The molecule has 2 rings (SSSR count). The molecule has 0 saturated heterocycles. The number of H-pyrrole nitrogens is 1. The number of carbonyl (C=O) groups excluding carboxylic acids is 2. The molecule has 1 aromatic heterocycles. The number of benzene rings is 1. The quantitative estimate of drug-likeness (QED) is 0.520. The van der Waals surface area contributed by atoms with E-state index in [1.807, 2.05) is 0 Å². The molecule has 3 N–H and O–H groups in total. The molecular weight excluding hydrogens is 380 g/mol. The zero-order valence-electron chi connectivity index (χ0n) is 13.0. The van der Waals surface area contributed by atoms with Crippen LogP contribution in [0.5, 0.6) is 5.75 Å². The van der Waals surface area contributed by atoms with Gasteiger partial charge in [0.1, 0.15) is 11.4 Å². The van der Waals surface area contributed by atoms with Gasteiger partial charge in [-0.3, -0.25) is 9.59 Å². The van der Waals surface area contributed by atoms with Gasteiger partial charge in [-0.2, -0.15) is 15.4 Å². The Labute approximate surface area is 146 Å². The van der Waals surface area contributed by atoms with Crippen LogP contribution in [0.2, 0.25) is 0 Å². The highest BCUT2D eigenvalue weighted by atomic mass is 79.9. The van der Waals surface area contributed by atoms with Crippen molar-refractivity contribution in [2.24, 2.45) is 5.73 Å². The third-order valence-corrected chi connectivity index (χ3v) is 3.56. The Morgan fingerprint density at radius 1 is 1.33 bits per heavy atom. The van der Waals surface area contributed by atoms with Gasteiger partial charge in [0, 0.05) is 16.5 Å². The molecule has 0 aliphatic carbocycles. The maximum Gasteiger partial charge on any atom is 0.305 e. The Hall–Kier alpha value is -2.42. The van der Waals surface area contributed by atoms with Crippen molar-refractivity contribution < 1.29 is 19.1 Å². The number of hydrogen-bond donors (Lipinski definition) is 2. The fraction of sp³-hybridized carbons (Fsp3) is 0.333. The van der Waals surface area contributed by atoms with Crippen LogP contribution in [0.15, 0.2) is 22.7 Å². The second kappa shape index (κ2) is 8.44. The average Bonchev–Trinajstić information content (AvgIpc) is 3.02. The summed E-state index contributed by atoms with van der Waals surface area (Å²) < 4.78 is 11.4. The lowest BCUT2D eigenvalue weighted by molar-refractivity contribution is -0.143. The molecule has 1 aromatic carbocycles. The number of nitrogens with two attached hydrogens (primary N) is 1. The number of aromatic amines is 1. The van der Waals surface area contributed by atoms with Crippen LogP contribution in [0.4, 0.5) is 0 Å². The van der Waals surface area contributed by atoms with E-state index in [4.69, 9.17) is 15.2 Å². The predicted octanol–water partition coefficient (Wildman–Crippen LogP) is 2.06. The molecule has 0 spiro atoms. The van der Waals surface area contributed by atoms with E-state index in [0.29, 0.717) is 36.6 Å². The van der Waals surface area contributed by atoms with Crippen LogP contribution in [0.25, 0.3) is 11.3 Å². The van der Waals surface area contributed by atoms with Crippen LogP contribution in [-0.2, 0) is 9.53 Å². The second-order valence-electron chi connectivity index (χ2n) is 4.78. The largest absolute Gasteiger partial charge is 0.493 e. The summed E-state index contributed by atoms with van der Waals surface area (Å²) in [5.41, 5.74) is 6.22. The normalized spacial score (nSPS) is 10.4. The highest BCUT2D eigenvalue weighted by Gasteiger charge is 2.19. The summed E-state index contributed by atoms with van der Waals surface area (Å²) in [4.78, 5) is 22.8. The molecule has 0 unspecified atom stereocenters. The Kier molecular flexibility index (Phi) is 6.30. The maximum atomic E-state index is 11.4. The third kappa shape index (κ3) is 4.54. The van der Waals surface area contributed by atoms with Crippen LogP contribution < -0.4 is 10.5 Å². The number of nitrogens with zero attached hydrogens (tertiary/aromatic N) is 2. The van der Waals surface area contributed by atoms with Crippen molar-refractivity contribution in [3.63, 3.8) is 0 Å². The maximum absolute atomic E-state index is 11.4. The number of aromatic nitrogens is 3. The number of esters is 1. The number of carbonyl (C=O) groups is 2. The van der Waals surface area contributed by atoms with E-state index in [0.717, 1.165) is 4.47 Å². The molecule has 0 bridgehead atoms. The van der Waals surface area contributed by atoms with Gasteiger partial charge >= 0.3 is 5.97 Å². The number of nitrogens with one attached hydrogen (secondary N) is 1. The van der Waals surface area contributed by atoms with Crippen LogP contribution >= 0.6 is 15.9 Å². The van der Waals surface area contributed by atoms with Gasteiger partial charge in [-0.05, 0) is 31.5 Å². The van der Waals surface area contributed by atoms with Gasteiger partial charge in [0.2, 0.25) is 0 Å². The van der Waals surface area contributed by atoms with Crippen LogP contribution in [0, 0.1) is 0 Å². The lowest BCUT2D eigenvalue weighted by Gasteiger charge is -2.11. The molecule has 1 amide bonds. The molecule has 0 aliphatic heterocycles. The second-order valence-corrected chi connectivity index (χ2v) is 5.70. The predicted molar refractivity (Wildman–Crippen MR) is 89.4 cm³/mol. The van der Waals surface area contributed by atoms with Gasteiger partial charge in [-0.15, -0.1) is 0 Å². The molecule has 9 heteroatoms. The van der Waals surface area contributed by atoms with E-state index in [1.165, 1.54) is 0 Å². The van der Waals surface area contributed by atoms with E-state index in [9.17, 15) is 9.59 Å². The monoisotopic (exact) mass is 396 g/mol. The smallest absolute Gasteiger partial charge is 0.305 e. The topological polar surface area (TPSA) is 120 Å². The van der Waals surface area contributed by atoms with Crippen LogP contribution in [0.1, 0.15) is 30.3 Å². The van der Waals surface area contributed by atoms with Crippen molar-refractivity contribution in [3.8, 4) is 17.0 Å². The van der Waals surface area contributed by atoms with Crippen LogP contribution in [0.3, 0.4) is 0 Å². The van der Waals surface area contributed by atoms with E-state index in [-0.39, 0.29) is 18.1 Å². The van der Waals surface area contributed by atoms with Gasteiger partial charge in [0.25, 0.3) is 5.91 Å². The van der Waals surface area contributed by atoms with Crippen molar-refractivity contribution in [2.45, 2.75) is 19.8 Å². The van der Waals surface area contributed by atoms with Crippen molar-refractivity contribution in [1.29, 1.82) is 0 Å². The Balaban J connectivity index is 2.12. The highest BCUT2D eigenvalue weighted by Crippen LogP contribution is 2.33. The first-order valence-electron chi connectivity index (χ1n) is 7.31. The summed E-state index contributed by atoms with van der Waals surface area (Å²) in [5, 5.41) is 10.1. The Morgan fingerprint density at radius 2 is 2.12 bits per heavy atom.